The SMILES string of the molecule is CC(=O)OCC(CCCN(C)C(=O)OC(C)(C)C)OS(C)(=O)=O. The van der Waals surface area contributed by atoms with Gasteiger partial charge in [-0.3, -0.25) is 8.98 Å². The first-order valence-corrected chi connectivity index (χ1v) is 9.07. The highest BCUT2D eigenvalue weighted by molar-refractivity contribution is 7.86. The minimum atomic E-state index is -3.66. The number of hydrogen-bond acceptors (Lipinski definition) is 7. The first kappa shape index (κ1) is 21.6. The molecular formula is C14H27NO7S. The molecule has 0 heterocycles. The Labute approximate surface area is 138 Å². The second-order valence-corrected chi connectivity index (χ2v) is 7.87. The highest BCUT2D eigenvalue weighted by atomic mass is 32.2. The Bertz CT molecular complexity index is 496. The van der Waals surface area contributed by atoms with Crippen LogP contribution in [-0.4, -0.2) is 63.5 Å². The summed E-state index contributed by atoms with van der Waals surface area (Å²) in [6.45, 7) is 6.75. The van der Waals surface area contributed by atoms with E-state index in [2.05, 4.69) is 0 Å². The lowest BCUT2D eigenvalue weighted by atomic mass is 10.2. The van der Waals surface area contributed by atoms with Crippen LogP contribution in [0, 0.1) is 0 Å². The molecule has 0 aliphatic rings. The Balaban J connectivity index is 4.39. The van der Waals surface area contributed by atoms with Crippen LogP contribution in [0.4, 0.5) is 4.79 Å². The molecule has 1 unspecified atom stereocenters. The van der Waals surface area contributed by atoms with Gasteiger partial charge in [-0.1, -0.05) is 0 Å². The van der Waals surface area contributed by atoms with Gasteiger partial charge in [-0.25, -0.2) is 4.79 Å². The zero-order valence-electron chi connectivity index (χ0n) is 14.6. The minimum Gasteiger partial charge on any atom is -0.463 e. The Hall–Kier alpha value is -1.35. The Morgan fingerprint density at radius 1 is 1.22 bits per heavy atom. The molecular weight excluding hydrogens is 326 g/mol. The molecule has 0 radical (unpaired) electrons. The van der Waals surface area contributed by atoms with Gasteiger partial charge in [0.1, 0.15) is 18.3 Å². The summed E-state index contributed by atoms with van der Waals surface area (Å²) in [5.74, 6) is -0.516. The van der Waals surface area contributed by atoms with E-state index in [9.17, 15) is 18.0 Å². The van der Waals surface area contributed by atoms with Crippen LogP contribution >= 0.6 is 0 Å². The summed E-state index contributed by atoms with van der Waals surface area (Å²) in [5.41, 5.74) is -0.581. The van der Waals surface area contributed by atoms with Gasteiger partial charge in [-0.05, 0) is 33.6 Å². The molecule has 0 saturated carbocycles. The van der Waals surface area contributed by atoms with E-state index >= 15 is 0 Å². The van der Waals surface area contributed by atoms with Crippen LogP contribution in [0.1, 0.15) is 40.5 Å². The van der Waals surface area contributed by atoms with Crippen molar-refractivity contribution in [2.75, 3.05) is 26.5 Å². The molecule has 0 fully saturated rings. The van der Waals surface area contributed by atoms with Gasteiger partial charge >= 0.3 is 12.1 Å². The maximum absolute atomic E-state index is 11.8. The number of hydrogen-bond donors (Lipinski definition) is 0. The van der Waals surface area contributed by atoms with Crippen LogP contribution in [-0.2, 0) is 28.6 Å². The molecule has 0 bridgehead atoms. The number of carbonyl (C=O) groups excluding carboxylic acids is 2. The van der Waals surface area contributed by atoms with E-state index in [-0.39, 0.29) is 6.61 Å². The van der Waals surface area contributed by atoms with Gasteiger partial charge in [0.2, 0.25) is 0 Å². The second-order valence-electron chi connectivity index (χ2n) is 6.27. The van der Waals surface area contributed by atoms with Crippen molar-refractivity contribution in [3.05, 3.63) is 0 Å². The van der Waals surface area contributed by atoms with Gasteiger partial charge in [-0.15, -0.1) is 0 Å². The quantitative estimate of drug-likeness (QED) is 0.482. The van der Waals surface area contributed by atoms with Crippen molar-refractivity contribution in [3.63, 3.8) is 0 Å². The molecule has 23 heavy (non-hydrogen) atoms. The standard InChI is InChI=1S/C14H27NO7S/c1-11(16)20-10-12(22-23(6,18)19)8-7-9-15(5)13(17)21-14(2,3)4/h12H,7-10H2,1-6H3. The van der Waals surface area contributed by atoms with E-state index < -0.39 is 33.9 Å². The van der Waals surface area contributed by atoms with Gasteiger partial charge in [0.05, 0.1) is 6.26 Å². The monoisotopic (exact) mass is 353 g/mol. The van der Waals surface area contributed by atoms with E-state index in [1.54, 1.807) is 27.8 Å². The highest BCUT2D eigenvalue weighted by Gasteiger charge is 2.21. The third kappa shape index (κ3) is 12.8. The molecule has 0 aliphatic heterocycles. The van der Waals surface area contributed by atoms with Gasteiger partial charge in [0.15, 0.2) is 0 Å². The number of esters is 1. The first-order valence-electron chi connectivity index (χ1n) is 7.26. The van der Waals surface area contributed by atoms with Gasteiger partial charge in [0.25, 0.3) is 10.1 Å². The molecule has 0 saturated heterocycles. The van der Waals surface area contributed by atoms with E-state index in [0.717, 1.165) is 6.26 Å². The van der Waals surface area contributed by atoms with Crippen molar-refractivity contribution in [1.82, 2.24) is 4.90 Å². The first-order chi connectivity index (χ1) is 10.3. The summed E-state index contributed by atoms with van der Waals surface area (Å²) in [6, 6.07) is 0. The Morgan fingerprint density at radius 2 is 1.78 bits per heavy atom. The average molecular weight is 353 g/mol. The van der Waals surface area contributed by atoms with Crippen molar-refractivity contribution in [2.45, 2.75) is 52.2 Å². The van der Waals surface area contributed by atoms with Crippen molar-refractivity contribution >= 4 is 22.2 Å². The fourth-order valence-electron chi connectivity index (χ4n) is 1.60. The van der Waals surface area contributed by atoms with E-state index in [4.69, 9.17) is 13.7 Å². The van der Waals surface area contributed by atoms with Crippen LogP contribution in [0.2, 0.25) is 0 Å². The van der Waals surface area contributed by atoms with E-state index in [0.29, 0.717) is 19.4 Å². The van der Waals surface area contributed by atoms with E-state index in [1.165, 1.54) is 11.8 Å². The Kier molecular flexibility index (Phi) is 8.54. The second kappa shape index (κ2) is 9.07. The Morgan fingerprint density at radius 3 is 2.22 bits per heavy atom. The predicted octanol–water partition coefficient (Wildman–Crippen LogP) is 1.54. The van der Waals surface area contributed by atoms with Crippen LogP contribution in [0.5, 0.6) is 0 Å². The van der Waals surface area contributed by atoms with Crippen molar-refractivity contribution < 1.29 is 31.7 Å². The lowest BCUT2D eigenvalue weighted by molar-refractivity contribution is -0.143. The molecule has 0 rings (SSSR count). The van der Waals surface area contributed by atoms with Gasteiger partial charge < -0.3 is 14.4 Å². The topological polar surface area (TPSA) is 99.2 Å². The smallest absolute Gasteiger partial charge is 0.410 e. The van der Waals surface area contributed by atoms with Crippen LogP contribution in [0.3, 0.4) is 0 Å². The molecule has 0 spiro atoms. The summed E-state index contributed by atoms with van der Waals surface area (Å²) < 4.78 is 37.3. The zero-order chi connectivity index (χ0) is 18.3. The predicted molar refractivity (Wildman–Crippen MR) is 84.4 cm³/mol. The maximum atomic E-state index is 11.8. The third-order valence-corrected chi connectivity index (χ3v) is 3.13. The molecule has 0 N–H and O–H groups in total. The number of ether oxygens (including phenoxy) is 2. The summed E-state index contributed by atoms with van der Waals surface area (Å²) in [6.07, 6.45) is 0.477. The number of carbonyl (C=O) groups is 2. The summed E-state index contributed by atoms with van der Waals surface area (Å²) in [7, 11) is -2.07. The third-order valence-electron chi connectivity index (χ3n) is 2.51. The highest BCUT2D eigenvalue weighted by Crippen LogP contribution is 2.11. The molecule has 1 atom stereocenters. The fourth-order valence-corrected chi connectivity index (χ4v) is 2.25. The van der Waals surface area contributed by atoms with Crippen LogP contribution < -0.4 is 0 Å². The maximum Gasteiger partial charge on any atom is 0.410 e. The largest absolute Gasteiger partial charge is 0.463 e. The lowest BCUT2D eigenvalue weighted by Crippen LogP contribution is -2.35. The average Bonchev–Trinajstić information content (AvgIpc) is 2.31. The molecule has 0 aromatic heterocycles. The minimum absolute atomic E-state index is 0.154. The zero-order valence-corrected chi connectivity index (χ0v) is 15.4. The molecule has 136 valence electrons. The number of nitrogens with zero attached hydrogens (tertiary/aromatic N) is 1. The fraction of sp³-hybridized carbons (Fsp3) is 0.857. The summed E-state index contributed by atoms with van der Waals surface area (Å²) in [5, 5.41) is 0. The van der Waals surface area contributed by atoms with Crippen LogP contribution in [0.15, 0.2) is 0 Å². The van der Waals surface area contributed by atoms with Gasteiger partial charge in [-0.2, -0.15) is 8.42 Å². The number of rotatable bonds is 8. The summed E-state index contributed by atoms with van der Waals surface area (Å²) in [4.78, 5) is 24.0. The molecule has 0 aliphatic carbocycles. The van der Waals surface area contributed by atoms with Crippen LogP contribution in [0.25, 0.3) is 0 Å². The molecule has 1 amide bonds. The van der Waals surface area contributed by atoms with Crippen molar-refractivity contribution in [3.8, 4) is 0 Å². The molecule has 0 aromatic carbocycles. The lowest BCUT2D eigenvalue weighted by Gasteiger charge is -2.25. The normalized spacial score (nSPS) is 13.3. The number of amides is 1. The molecule has 9 heteroatoms. The molecule has 0 aromatic rings. The van der Waals surface area contributed by atoms with E-state index in [1.807, 2.05) is 0 Å². The van der Waals surface area contributed by atoms with Gasteiger partial charge in [0, 0.05) is 20.5 Å². The van der Waals surface area contributed by atoms with Crippen molar-refractivity contribution in [2.24, 2.45) is 0 Å². The van der Waals surface area contributed by atoms with Crippen molar-refractivity contribution in [1.29, 1.82) is 0 Å². The summed E-state index contributed by atoms with van der Waals surface area (Å²) >= 11 is 0. The molecule has 8 nitrogen and oxygen atoms in total.